The highest BCUT2D eigenvalue weighted by atomic mass is 35.5. The minimum atomic E-state index is -4.06. The van der Waals surface area contributed by atoms with Crippen molar-refractivity contribution in [2.24, 2.45) is 5.10 Å². The first kappa shape index (κ1) is 31.5. The van der Waals surface area contributed by atoms with Crippen molar-refractivity contribution in [2.45, 2.75) is 31.9 Å². The van der Waals surface area contributed by atoms with Gasteiger partial charge in [-0.1, -0.05) is 83.4 Å². The van der Waals surface area contributed by atoms with Gasteiger partial charge >= 0.3 is 0 Å². The van der Waals surface area contributed by atoms with E-state index in [2.05, 4.69) is 10.5 Å². The van der Waals surface area contributed by atoms with Crippen LogP contribution >= 0.6 is 11.6 Å². The smallest absolute Gasteiger partial charge is 0.273 e. The Kier molecular flexibility index (Phi) is 9.97. The van der Waals surface area contributed by atoms with Gasteiger partial charge in [0.15, 0.2) is 0 Å². The molecule has 1 amide bonds. The van der Waals surface area contributed by atoms with Crippen LogP contribution in [-0.4, -0.2) is 20.5 Å². The average Bonchev–Trinajstić information content (AvgIpc) is 3.05. The van der Waals surface area contributed by atoms with E-state index >= 15 is 0 Å². The fourth-order valence-corrected chi connectivity index (χ4v) is 6.10. The standard InChI is InChI=1S/C36H32ClN3O4S/c1-26-7-11-30(12-8-26)25-44-32-19-15-28(16-20-32)23-38-39-36(41)34-5-3-4-6-35(34)40(24-29-13-17-31(37)18-14-29)45(42,43)33-21-9-27(2)10-22-33/h3-23H,24-25H2,1-2H3,(H,39,41)/b38-23-. The molecule has 0 unspecified atom stereocenters. The van der Waals surface area contributed by atoms with Gasteiger partial charge in [-0.2, -0.15) is 5.10 Å². The van der Waals surface area contributed by atoms with Gasteiger partial charge in [-0.15, -0.1) is 0 Å². The summed E-state index contributed by atoms with van der Waals surface area (Å²) in [5.74, 6) is 0.154. The summed E-state index contributed by atoms with van der Waals surface area (Å²) in [6, 6.07) is 35.5. The summed E-state index contributed by atoms with van der Waals surface area (Å²) in [4.78, 5) is 13.5. The Morgan fingerprint density at radius 1 is 0.800 bits per heavy atom. The second-order valence-electron chi connectivity index (χ2n) is 10.5. The molecular formula is C36H32ClN3O4S. The zero-order valence-corrected chi connectivity index (χ0v) is 26.4. The van der Waals surface area contributed by atoms with Gasteiger partial charge < -0.3 is 4.74 Å². The maximum atomic E-state index is 14.0. The number of benzene rings is 5. The lowest BCUT2D eigenvalue weighted by Gasteiger charge is -2.26. The number of para-hydroxylation sites is 1. The maximum absolute atomic E-state index is 14.0. The summed E-state index contributed by atoms with van der Waals surface area (Å²) in [5.41, 5.74) is 7.56. The summed E-state index contributed by atoms with van der Waals surface area (Å²) in [5, 5.41) is 4.66. The number of anilines is 1. The predicted molar refractivity (Wildman–Crippen MR) is 179 cm³/mol. The van der Waals surface area contributed by atoms with Crippen LogP contribution in [-0.2, 0) is 23.2 Å². The van der Waals surface area contributed by atoms with Crippen LogP contribution in [0, 0.1) is 13.8 Å². The van der Waals surface area contributed by atoms with E-state index in [1.807, 2.05) is 62.4 Å². The van der Waals surface area contributed by atoms with Crippen LogP contribution in [0.5, 0.6) is 5.75 Å². The van der Waals surface area contributed by atoms with Gasteiger partial charge in [-0.05, 0) is 91.2 Å². The maximum Gasteiger partial charge on any atom is 0.273 e. The third-order valence-electron chi connectivity index (χ3n) is 7.05. The van der Waals surface area contributed by atoms with Crippen molar-refractivity contribution in [3.63, 3.8) is 0 Å². The summed E-state index contributed by atoms with van der Waals surface area (Å²) in [6.45, 7) is 4.37. The minimum absolute atomic E-state index is 0.0146. The number of aryl methyl sites for hydroxylation is 2. The number of hydrogen-bond donors (Lipinski definition) is 1. The van der Waals surface area contributed by atoms with Crippen molar-refractivity contribution >= 4 is 39.4 Å². The first-order valence-electron chi connectivity index (χ1n) is 14.2. The number of hydrogen-bond acceptors (Lipinski definition) is 5. The van der Waals surface area contributed by atoms with Crippen molar-refractivity contribution in [1.29, 1.82) is 0 Å². The van der Waals surface area contributed by atoms with E-state index in [9.17, 15) is 13.2 Å². The van der Waals surface area contributed by atoms with Gasteiger partial charge in [-0.3, -0.25) is 9.10 Å². The Balaban J connectivity index is 1.33. The molecule has 0 aromatic heterocycles. The first-order valence-corrected chi connectivity index (χ1v) is 16.1. The van der Waals surface area contributed by atoms with Crippen LogP contribution in [0.3, 0.4) is 0 Å². The Labute approximate surface area is 268 Å². The van der Waals surface area contributed by atoms with Crippen molar-refractivity contribution < 1.29 is 17.9 Å². The van der Waals surface area contributed by atoms with E-state index in [1.165, 1.54) is 16.1 Å². The molecule has 0 aliphatic carbocycles. The van der Waals surface area contributed by atoms with Crippen LogP contribution < -0.4 is 14.5 Å². The second kappa shape index (κ2) is 14.2. The van der Waals surface area contributed by atoms with Gasteiger partial charge in [0.25, 0.3) is 15.9 Å². The van der Waals surface area contributed by atoms with E-state index in [0.717, 1.165) is 16.7 Å². The van der Waals surface area contributed by atoms with Crippen LogP contribution in [0.15, 0.2) is 131 Å². The largest absolute Gasteiger partial charge is 0.489 e. The third-order valence-corrected chi connectivity index (χ3v) is 9.08. The third kappa shape index (κ3) is 8.17. The fourth-order valence-electron chi connectivity index (χ4n) is 4.50. The zero-order valence-electron chi connectivity index (χ0n) is 24.9. The number of sulfonamides is 1. The molecule has 0 bridgehead atoms. The zero-order chi connectivity index (χ0) is 31.8. The molecule has 228 valence electrons. The molecule has 45 heavy (non-hydrogen) atoms. The molecule has 0 atom stereocenters. The van der Waals surface area contributed by atoms with Gasteiger partial charge in [0.1, 0.15) is 12.4 Å². The van der Waals surface area contributed by atoms with Gasteiger partial charge in [0.2, 0.25) is 0 Å². The lowest BCUT2D eigenvalue weighted by atomic mass is 10.1. The molecule has 0 heterocycles. The Morgan fingerprint density at radius 3 is 2.07 bits per heavy atom. The van der Waals surface area contributed by atoms with E-state index < -0.39 is 15.9 Å². The molecule has 5 aromatic rings. The molecule has 5 aromatic carbocycles. The highest BCUT2D eigenvalue weighted by Gasteiger charge is 2.28. The average molecular weight is 638 g/mol. The molecule has 7 nitrogen and oxygen atoms in total. The van der Waals surface area contributed by atoms with E-state index in [-0.39, 0.29) is 22.7 Å². The second-order valence-corrected chi connectivity index (χ2v) is 12.8. The van der Waals surface area contributed by atoms with E-state index in [1.54, 1.807) is 72.8 Å². The summed E-state index contributed by atoms with van der Waals surface area (Å²) < 4.78 is 35.1. The number of ether oxygens (including phenoxy) is 1. The van der Waals surface area contributed by atoms with Crippen molar-refractivity contribution in [3.8, 4) is 5.75 Å². The van der Waals surface area contributed by atoms with Crippen LogP contribution in [0.1, 0.15) is 38.2 Å². The quantitative estimate of drug-likeness (QED) is 0.119. The molecule has 0 aliphatic heterocycles. The first-order chi connectivity index (χ1) is 21.7. The number of nitrogens with one attached hydrogen (secondary N) is 1. The van der Waals surface area contributed by atoms with Gasteiger partial charge in [0, 0.05) is 5.02 Å². The van der Waals surface area contributed by atoms with Crippen molar-refractivity contribution in [3.05, 3.63) is 160 Å². The number of rotatable bonds is 11. The van der Waals surface area contributed by atoms with Crippen LogP contribution in [0.25, 0.3) is 0 Å². The molecule has 0 fully saturated rings. The minimum Gasteiger partial charge on any atom is -0.489 e. The molecule has 0 radical (unpaired) electrons. The lowest BCUT2D eigenvalue weighted by Crippen LogP contribution is -2.33. The van der Waals surface area contributed by atoms with Crippen LogP contribution in [0.4, 0.5) is 5.69 Å². The number of amides is 1. The summed E-state index contributed by atoms with van der Waals surface area (Å²) in [6.07, 6.45) is 1.51. The molecule has 0 saturated carbocycles. The summed E-state index contributed by atoms with van der Waals surface area (Å²) >= 11 is 6.07. The molecule has 5 rings (SSSR count). The van der Waals surface area contributed by atoms with Gasteiger partial charge in [-0.25, -0.2) is 13.8 Å². The molecule has 1 N–H and O–H groups in total. The van der Waals surface area contributed by atoms with E-state index in [4.69, 9.17) is 16.3 Å². The topological polar surface area (TPSA) is 88.1 Å². The number of halogens is 1. The Morgan fingerprint density at radius 2 is 1.40 bits per heavy atom. The number of carbonyl (C=O) groups is 1. The number of carbonyl (C=O) groups excluding carboxylic acids is 1. The van der Waals surface area contributed by atoms with Crippen molar-refractivity contribution in [2.75, 3.05) is 4.31 Å². The molecular weight excluding hydrogens is 606 g/mol. The van der Waals surface area contributed by atoms with Crippen molar-refractivity contribution in [1.82, 2.24) is 5.43 Å². The number of nitrogens with zero attached hydrogens (tertiary/aromatic N) is 2. The monoisotopic (exact) mass is 637 g/mol. The van der Waals surface area contributed by atoms with Crippen LogP contribution in [0.2, 0.25) is 5.02 Å². The molecule has 0 spiro atoms. The highest BCUT2D eigenvalue weighted by molar-refractivity contribution is 7.92. The normalized spacial score (nSPS) is 11.4. The predicted octanol–water partition coefficient (Wildman–Crippen LogP) is 7.70. The Bertz CT molecular complexity index is 1890. The van der Waals surface area contributed by atoms with E-state index in [0.29, 0.717) is 22.9 Å². The SMILES string of the molecule is Cc1ccc(COc2ccc(/C=N\NC(=O)c3ccccc3N(Cc3ccc(Cl)cc3)S(=O)(=O)c3ccc(C)cc3)cc2)cc1. The molecule has 9 heteroatoms. The highest BCUT2D eigenvalue weighted by Crippen LogP contribution is 2.30. The summed E-state index contributed by atoms with van der Waals surface area (Å²) in [7, 11) is -4.06. The number of hydrazone groups is 1. The molecule has 0 aliphatic rings. The Hall–Kier alpha value is -4.92. The van der Waals surface area contributed by atoms with Gasteiger partial charge in [0.05, 0.1) is 28.9 Å². The molecule has 0 saturated heterocycles. The lowest BCUT2D eigenvalue weighted by molar-refractivity contribution is 0.0955. The fraction of sp³-hybridized carbons (Fsp3) is 0.111.